The molecule has 0 aliphatic rings. The lowest BCUT2D eigenvalue weighted by atomic mass is 10.0. The molecule has 0 saturated carbocycles. The predicted molar refractivity (Wildman–Crippen MR) is 102 cm³/mol. The zero-order valence-corrected chi connectivity index (χ0v) is 16.0. The second kappa shape index (κ2) is 9.07. The fourth-order valence-electron chi connectivity index (χ4n) is 2.80. The highest BCUT2D eigenvalue weighted by Gasteiger charge is 2.18. The van der Waals surface area contributed by atoms with Gasteiger partial charge in [0, 0.05) is 11.1 Å². The Hall–Kier alpha value is -3.02. The van der Waals surface area contributed by atoms with E-state index in [1.165, 1.54) is 26.4 Å². The lowest BCUT2D eigenvalue weighted by Gasteiger charge is -2.17. The van der Waals surface area contributed by atoms with E-state index in [2.05, 4.69) is 11.9 Å². The van der Waals surface area contributed by atoms with Crippen molar-refractivity contribution < 1.29 is 23.4 Å². The Labute approximate surface area is 158 Å². The van der Waals surface area contributed by atoms with E-state index in [1.54, 1.807) is 38.3 Å². The zero-order valence-electron chi connectivity index (χ0n) is 16.0. The summed E-state index contributed by atoms with van der Waals surface area (Å²) in [6.45, 7) is 5.51. The van der Waals surface area contributed by atoms with Crippen molar-refractivity contribution in [1.82, 2.24) is 5.32 Å². The second-order valence-electron chi connectivity index (χ2n) is 5.95. The first kappa shape index (κ1) is 20.3. The third-order valence-electron chi connectivity index (χ3n) is 4.21. The van der Waals surface area contributed by atoms with Gasteiger partial charge >= 0.3 is 0 Å². The molecule has 2 rings (SSSR count). The van der Waals surface area contributed by atoms with E-state index >= 15 is 0 Å². The van der Waals surface area contributed by atoms with Crippen molar-refractivity contribution in [3.63, 3.8) is 0 Å². The van der Waals surface area contributed by atoms with Crippen molar-refractivity contribution in [3.8, 4) is 17.2 Å². The molecule has 0 aromatic heterocycles. The SMILES string of the molecule is C=CCc1cc(C(=O)NC(C)c2ccc(OC)c(F)c2)cc(OC)c1OC. The van der Waals surface area contributed by atoms with Crippen LogP contribution in [0.5, 0.6) is 17.2 Å². The Morgan fingerprint density at radius 2 is 1.85 bits per heavy atom. The highest BCUT2D eigenvalue weighted by molar-refractivity contribution is 5.95. The molecule has 5 nitrogen and oxygen atoms in total. The van der Waals surface area contributed by atoms with Crippen molar-refractivity contribution in [2.75, 3.05) is 21.3 Å². The highest BCUT2D eigenvalue weighted by Crippen LogP contribution is 2.33. The van der Waals surface area contributed by atoms with E-state index in [9.17, 15) is 9.18 Å². The van der Waals surface area contributed by atoms with Crippen LogP contribution >= 0.6 is 0 Å². The van der Waals surface area contributed by atoms with Gasteiger partial charge in [-0.2, -0.15) is 0 Å². The smallest absolute Gasteiger partial charge is 0.251 e. The van der Waals surface area contributed by atoms with Crippen LogP contribution in [0.25, 0.3) is 0 Å². The molecule has 0 spiro atoms. The summed E-state index contributed by atoms with van der Waals surface area (Å²) in [5.41, 5.74) is 1.85. The van der Waals surface area contributed by atoms with Crippen LogP contribution in [0.15, 0.2) is 43.0 Å². The van der Waals surface area contributed by atoms with Gasteiger partial charge in [-0.1, -0.05) is 12.1 Å². The Morgan fingerprint density at radius 1 is 1.15 bits per heavy atom. The number of benzene rings is 2. The van der Waals surface area contributed by atoms with Gasteiger partial charge in [-0.15, -0.1) is 6.58 Å². The van der Waals surface area contributed by atoms with Gasteiger partial charge < -0.3 is 19.5 Å². The largest absolute Gasteiger partial charge is 0.494 e. The number of carbonyl (C=O) groups is 1. The van der Waals surface area contributed by atoms with Gasteiger partial charge in [-0.3, -0.25) is 4.79 Å². The molecule has 0 bridgehead atoms. The van der Waals surface area contributed by atoms with Gasteiger partial charge in [-0.05, 0) is 43.2 Å². The number of allylic oxidation sites excluding steroid dienone is 1. The Morgan fingerprint density at radius 3 is 2.41 bits per heavy atom. The molecule has 2 aromatic rings. The second-order valence-corrected chi connectivity index (χ2v) is 5.95. The molecule has 0 heterocycles. The molecule has 1 unspecified atom stereocenters. The van der Waals surface area contributed by atoms with Crippen molar-refractivity contribution >= 4 is 5.91 Å². The first-order chi connectivity index (χ1) is 12.9. The number of rotatable bonds is 8. The van der Waals surface area contributed by atoms with Gasteiger partial charge in [0.25, 0.3) is 5.91 Å². The maximum atomic E-state index is 13.9. The topological polar surface area (TPSA) is 56.8 Å². The molecule has 0 aliphatic carbocycles. The predicted octanol–water partition coefficient (Wildman–Crippen LogP) is 4.07. The van der Waals surface area contributed by atoms with E-state index in [0.29, 0.717) is 29.0 Å². The number of hydrogen-bond donors (Lipinski definition) is 1. The first-order valence-corrected chi connectivity index (χ1v) is 8.45. The molecule has 144 valence electrons. The van der Waals surface area contributed by atoms with Crippen LogP contribution < -0.4 is 19.5 Å². The fraction of sp³-hybridized carbons (Fsp3) is 0.286. The monoisotopic (exact) mass is 373 g/mol. The normalized spacial score (nSPS) is 11.4. The van der Waals surface area contributed by atoms with Crippen molar-refractivity contribution in [2.45, 2.75) is 19.4 Å². The number of halogens is 1. The van der Waals surface area contributed by atoms with Crippen LogP contribution in [0.4, 0.5) is 4.39 Å². The molecular weight excluding hydrogens is 349 g/mol. The maximum Gasteiger partial charge on any atom is 0.251 e. The zero-order chi connectivity index (χ0) is 20.0. The number of ether oxygens (including phenoxy) is 3. The number of methoxy groups -OCH3 is 3. The minimum atomic E-state index is -0.476. The Kier molecular flexibility index (Phi) is 6.82. The van der Waals surface area contributed by atoms with Crippen LogP contribution in [0.2, 0.25) is 0 Å². The van der Waals surface area contributed by atoms with Crippen molar-refractivity contribution in [2.24, 2.45) is 0 Å². The van der Waals surface area contributed by atoms with Gasteiger partial charge in [-0.25, -0.2) is 4.39 Å². The third kappa shape index (κ3) is 4.58. The Balaban J connectivity index is 2.27. The number of hydrogen-bond acceptors (Lipinski definition) is 4. The minimum Gasteiger partial charge on any atom is -0.494 e. The van der Waals surface area contributed by atoms with Crippen LogP contribution in [-0.4, -0.2) is 27.2 Å². The van der Waals surface area contributed by atoms with E-state index in [0.717, 1.165) is 5.56 Å². The molecule has 0 saturated heterocycles. The summed E-state index contributed by atoms with van der Waals surface area (Å²) in [6.07, 6.45) is 2.25. The minimum absolute atomic E-state index is 0.159. The van der Waals surface area contributed by atoms with E-state index in [-0.39, 0.29) is 11.7 Å². The summed E-state index contributed by atoms with van der Waals surface area (Å²) in [5, 5.41) is 2.87. The fourth-order valence-corrected chi connectivity index (χ4v) is 2.80. The van der Waals surface area contributed by atoms with Crippen molar-refractivity contribution in [1.29, 1.82) is 0 Å². The molecule has 0 aliphatic heterocycles. The maximum absolute atomic E-state index is 13.9. The molecule has 2 aromatic carbocycles. The summed E-state index contributed by atoms with van der Waals surface area (Å²) in [4.78, 5) is 12.7. The molecule has 6 heteroatoms. The lowest BCUT2D eigenvalue weighted by Crippen LogP contribution is -2.27. The molecule has 27 heavy (non-hydrogen) atoms. The molecule has 0 radical (unpaired) electrons. The number of carbonyl (C=O) groups excluding carboxylic acids is 1. The molecule has 1 amide bonds. The van der Waals surface area contributed by atoms with Crippen LogP contribution in [0, 0.1) is 5.82 Å². The van der Waals surface area contributed by atoms with Gasteiger partial charge in [0.15, 0.2) is 23.1 Å². The van der Waals surface area contributed by atoms with Gasteiger partial charge in [0.05, 0.1) is 27.4 Å². The molecule has 1 N–H and O–H groups in total. The summed E-state index contributed by atoms with van der Waals surface area (Å²) in [5.74, 6) is 0.413. The van der Waals surface area contributed by atoms with Gasteiger partial charge in [0.1, 0.15) is 0 Å². The average Bonchev–Trinajstić information content (AvgIpc) is 2.67. The summed E-state index contributed by atoms with van der Waals surface area (Å²) >= 11 is 0. The molecule has 0 fully saturated rings. The average molecular weight is 373 g/mol. The molecule has 1 atom stereocenters. The number of nitrogens with one attached hydrogen (secondary N) is 1. The Bertz CT molecular complexity index is 835. The van der Waals surface area contributed by atoms with Gasteiger partial charge in [0.2, 0.25) is 0 Å². The lowest BCUT2D eigenvalue weighted by molar-refractivity contribution is 0.0939. The van der Waals surface area contributed by atoms with Crippen LogP contribution in [-0.2, 0) is 6.42 Å². The van der Waals surface area contributed by atoms with E-state index < -0.39 is 11.9 Å². The number of amides is 1. The van der Waals surface area contributed by atoms with E-state index in [4.69, 9.17) is 14.2 Å². The van der Waals surface area contributed by atoms with E-state index in [1.807, 2.05) is 0 Å². The highest BCUT2D eigenvalue weighted by atomic mass is 19.1. The molecular formula is C21H24FNO4. The van der Waals surface area contributed by atoms with Crippen LogP contribution in [0.1, 0.15) is 34.5 Å². The van der Waals surface area contributed by atoms with Crippen molar-refractivity contribution in [3.05, 3.63) is 65.5 Å². The summed E-state index contributed by atoms with van der Waals surface area (Å²) < 4.78 is 29.6. The summed E-state index contributed by atoms with van der Waals surface area (Å²) in [7, 11) is 4.46. The quantitative estimate of drug-likeness (QED) is 0.709. The first-order valence-electron chi connectivity index (χ1n) is 8.45. The van der Waals surface area contributed by atoms with Crippen LogP contribution in [0.3, 0.4) is 0 Å². The summed E-state index contributed by atoms with van der Waals surface area (Å²) in [6, 6.07) is 7.55. The standard InChI is InChI=1S/C21H24FNO4/c1-6-7-15-10-16(12-19(26-4)20(15)27-5)21(24)23-13(2)14-8-9-18(25-3)17(22)11-14/h6,8-13H,1,7H2,2-5H3,(H,23,24). The third-order valence-corrected chi connectivity index (χ3v) is 4.21.